The van der Waals surface area contributed by atoms with Gasteiger partial charge in [0.15, 0.2) is 0 Å². The van der Waals surface area contributed by atoms with Crippen molar-refractivity contribution in [2.24, 2.45) is 0 Å². The molecule has 3 nitrogen and oxygen atoms in total. The van der Waals surface area contributed by atoms with Gasteiger partial charge in [0.05, 0.1) is 19.3 Å². The molecule has 2 atom stereocenters. The third kappa shape index (κ3) is 2.44. The van der Waals surface area contributed by atoms with Crippen LogP contribution in [0.5, 0.6) is 5.75 Å². The first-order valence-corrected chi connectivity index (χ1v) is 6.70. The number of hydrogen-bond donors (Lipinski definition) is 1. The van der Waals surface area contributed by atoms with E-state index < -0.39 is 6.10 Å². The van der Waals surface area contributed by atoms with E-state index in [-0.39, 0.29) is 6.10 Å². The second-order valence-corrected chi connectivity index (χ2v) is 4.98. The Bertz CT molecular complexity index is 571. The summed E-state index contributed by atoms with van der Waals surface area (Å²) in [6.45, 7) is 3.14. The van der Waals surface area contributed by atoms with Crippen LogP contribution in [0.25, 0.3) is 10.8 Å². The molecule has 0 amide bonds. The normalized spacial score (nSPS) is 20.6. The summed E-state index contributed by atoms with van der Waals surface area (Å²) >= 11 is 0. The molecule has 2 aromatic rings. The van der Waals surface area contributed by atoms with Gasteiger partial charge in [-0.05, 0) is 12.3 Å². The van der Waals surface area contributed by atoms with Gasteiger partial charge in [-0.1, -0.05) is 36.4 Å². The highest BCUT2D eigenvalue weighted by atomic mass is 16.5. The lowest BCUT2D eigenvalue weighted by molar-refractivity contribution is 0.136. The van der Waals surface area contributed by atoms with Gasteiger partial charge in [0.1, 0.15) is 11.9 Å². The molecule has 0 radical (unpaired) electrons. The number of rotatable bonds is 3. The summed E-state index contributed by atoms with van der Waals surface area (Å²) in [7, 11) is 0. The van der Waals surface area contributed by atoms with Crippen LogP contribution in [-0.4, -0.2) is 24.4 Å². The highest BCUT2D eigenvalue weighted by molar-refractivity contribution is 5.89. The number of aliphatic hydroxyl groups excluding tert-OH is 1. The van der Waals surface area contributed by atoms with Gasteiger partial charge in [-0.3, -0.25) is 0 Å². The van der Waals surface area contributed by atoms with Crippen molar-refractivity contribution in [2.75, 3.05) is 13.2 Å². The first-order valence-electron chi connectivity index (χ1n) is 6.70. The van der Waals surface area contributed by atoms with Crippen molar-refractivity contribution in [1.82, 2.24) is 0 Å². The largest absolute Gasteiger partial charge is 0.487 e. The minimum absolute atomic E-state index is 0.0864. The van der Waals surface area contributed by atoms with Gasteiger partial charge >= 0.3 is 0 Å². The lowest BCUT2D eigenvalue weighted by Gasteiger charge is -2.19. The molecule has 0 saturated carbocycles. The summed E-state index contributed by atoms with van der Waals surface area (Å²) in [5.41, 5.74) is 0.839. The van der Waals surface area contributed by atoms with Crippen LogP contribution >= 0.6 is 0 Å². The Morgan fingerprint density at radius 2 is 2.11 bits per heavy atom. The number of benzene rings is 2. The van der Waals surface area contributed by atoms with Crippen LogP contribution in [0.4, 0.5) is 0 Å². The van der Waals surface area contributed by atoms with E-state index >= 15 is 0 Å². The number of aliphatic hydroxyl groups is 1. The third-order valence-electron chi connectivity index (χ3n) is 3.53. The van der Waals surface area contributed by atoms with E-state index in [0.29, 0.717) is 6.61 Å². The Morgan fingerprint density at radius 3 is 2.84 bits per heavy atom. The fourth-order valence-electron chi connectivity index (χ4n) is 2.49. The van der Waals surface area contributed by atoms with Crippen LogP contribution in [-0.2, 0) is 4.74 Å². The molecule has 1 N–H and O–H groups in total. The Hall–Kier alpha value is -1.58. The van der Waals surface area contributed by atoms with Gasteiger partial charge in [0.2, 0.25) is 0 Å². The molecule has 0 spiro atoms. The van der Waals surface area contributed by atoms with E-state index in [1.165, 1.54) is 0 Å². The van der Waals surface area contributed by atoms with Crippen molar-refractivity contribution in [3.05, 3.63) is 42.0 Å². The van der Waals surface area contributed by atoms with Crippen molar-refractivity contribution in [3.8, 4) is 5.75 Å². The third-order valence-corrected chi connectivity index (χ3v) is 3.53. The molecule has 2 aromatic carbocycles. The van der Waals surface area contributed by atoms with Gasteiger partial charge in [0.25, 0.3) is 0 Å². The molecule has 0 bridgehead atoms. The average Bonchev–Trinajstić information content (AvgIpc) is 2.92. The summed E-state index contributed by atoms with van der Waals surface area (Å²) in [5.74, 6) is 0.795. The maximum Gasteiger partial charge on any atom is 0.133 e. The van der Waals surface area contributed by atoms with E-state index in [4.69, 9.17) is 9.47 Å². The number of ether oxygens (including phenoxy) is 2. The van der Waals surface area contributed by atoms with Crippen molar-refractivity contribution >= 4 is 10.8 Å². The second-order valence-electron chi connectivity index (χ2n) is 4.98. The molecule has 19 heavy (non-hydrogen) atoms. The number of hydrogen-bond acceptors (Lipinski definition) is 3. The standard InChI is InChI=1S/C16H18O3/c1-11(17)14-7-6-12-4-2-3-5-15(12)16(14)19-13-8-9-18-10-13/h2-7,11,13,17H,8-10H2,1H3/t11-,13?/m1/s1. The fourth-order valence-corrected chi connectivity index (χ4v) is 2.49. The predicted molar refractivity (Wildman–Crippen MR) is 74.4 cm³/mol. The molecular weight excluding hydrogens is 240 g/mol. The van der Waals surface area contributed by atoms with Gasteiger partial charge in [-0.2, -0.15) is 0 Å². The van der Waals surface area contributed by atoms with Gasteiger partial charge < -0.3 is 14.6 Å². The van der Waals surface area contributed by atoms with E-state index in [0.717, 1.165) is 35.1 Å². The topological polar surface area (TPSA) is 38.7 Å². The van der Waals surface area contributed by atoms with E-state index in [1.54, 1.807) is 6.92 Å². The molecule has 1 saturated heterocycles. The monoisotopic (exact) mass is 258 g/mol. The summed E-state index contributed by atoms with van der Waals surface area (Å²) in [5, 5.41) is 12.1. The van der Waals surface area contributed by atoms with Crippen molar-refractivity contribution in [1.29, 1.82) is 0 Å². The summed E-state index contributed by atoms with van der Waals surface area (Å²) in [6, 6.07) is 12.1. The van der Waals surface area contributed by atoms with Crippen molar-refractivity contribution in [3.63, 3.8) is 0 Å². The Balaban J connectivity index is 2.08. The zero-order chi connectivity index (χ0) is 13.2. The van der Waals surface area contributed by atoms with Gasteiger partial charge in [-0.25, -0.2) is 0 Å². The molecule has 1 heterocycles. The maximum atomic E-state index is 9.93. The highest BCUT2D eigenvalue weighted by Gasteiger charge is 2.21. The SMILES string of the molecule is C[C@@H](O)c1ccc2ccccc2c1OC1CCOC1. The molecule has 1 fully saturated rings. The Kier molecular flexibility index (Phi) is 3.40. The molecule has 100 valence electrons. The summed E-state index contributed by atoms with van der Waals surface area (Å²) < 4.78 is 11.5. The molecule has 3 rings (SSSR count). The molecule has 3 heteroatoms. The smallest absolute Gasteiger partial charge is 0.133 e. The van der Waals surface area contributed by atoms with Crippen LogP contribution in [0.2, 0.25) is 0 Å². The Morgan fingerprint density at radius 1 is 1.26 bits per heavy atom. The van der Waals surface area contributed by atoms with Gasteiger partial charge in [0, 0.05) is 17.4 Å². The lowest BCUT2D eigenvalue weighted by Crippen LogP contribution is -2.17. The molecular formula is C16H18O3. The predicted octanol–water partition coefficient (Wildman–Crippen LogP) is 3.06. The molecule has 0 aromatic heterocycles. The zero-order valence-corrected chi connectivity index (χ0v) is 11.0. The first-order chi connectivity index (χ1) is 9.25. The first kappa shape index (κ1) is 12.5. The van der Waals surface area contributed by atoms with Crippen LogP contribution < -0.4 is 4.74 Å². The van der Waals surface area contributed by atoms with Crippen LogP contribution in [0.3, 0.4) is 0 Å². The van der Waals surface area contributed by atoms with E-state index in [9.17, 15) is 5.11 Å². The number of fused-ring (bicyclic) bond motifs is 1. The van der Waals surface area contributed by atoms with Crippen LogP contribution in [0.1, 0.15) is 25.0 Å². The minimum Gasteiger partial charge on any atom is -0.487 e. The van der Waals surface area contributed by atoms with Crippen molar-refractivity contribution < 1.29 is 14.6 Å². The molecule has 1 aliphatic heterocycles. The van der Waals surface area contributed by atoms with Gasteiger partial charge in [-0.15, -0.1) is 0 Å². The Labute approximate surface area is 112 Å². The lowest BCUT2D eigenvalue weighted by atomic mass is 10.0. The van der Waals surface area contributed by atoms with E-state index in [1.807, 2.05) is 30.3 Å². The quantitative estimate of drug-likeness (QED) is 0.919. The second kappa shape index (κ2) is 5.19. The highest BCUT2D eigenvalue weighted by Crippen LogP contribution is 2.35. The van der Waals surface area contributed by atoms with Crippen LogP contribution in [0, 0.1) is 0 Å². The zero-order valence-electron chi connectivity index (χ0n) is 11.0. The minimum atomic E-state index is -0.540. The summed E-state index contributed by atoms with van der Waals surface area (Å²) in [4.78, 5) is 0. The maximum absolute atomic E-state index is 9.93. The van der Waals surface area contributed by atoms with Crippen molar-refractivity contribution in [2.45, 2.75) is 25.6 Å². The average molecular weight is 258 g/mol. The van der Waals surface area contributed by atoms with Crippen LogP contribution in [0.15, 0.2) is 36.4 Å². The molecule has 1 unspecified atom stereocenters. The molecule has 0 aliphatic carbocycles. The van der Waals surface area contributed by atoms with E-state index in [2.05, 4.69) is 6.07 Å². The summed E-state index contributed by atoms with van der Waals surface area (Å²) in [6.07, 6.45) is 0.452. The molecule has 1 aliphatic rings. The fraction of sp³-hybridized carbons (Fsp3) is 0.375.